The zero-order chi connectivity index (χ0) is 38.0. The highest BCUT2D eigenvalue weighted by atomic mass is 19.4. The van der Waals surface area contributed by atoms with Gasteiger partial charge in [-0.25, -0.2) is 9.59 Å². The third kappa shape index (κ3) is 11.4. The van der Waals surface area contributed by atoms with Gasteiger partial charge in [0.05, 0.1) is 23.8 Å². The van der Waals surface area contributed by atoms with E-state index < -0.39 is 17.3 Å². The van der Waals surface area contributed by atoms with Gasteiger partial charge in [0.25, 0.3) is 0 Å². The lowest BCUT2D eigenvalue weighted by molar-refractivity contribution is -0.137. The van der Waals surface area contributed by atoms with Gasteiger partial charge in [0, 0.05) is 5.56 Å². The minimum absolute atomic E-state index is 0.135. The van der Waals surface area contributed by atoms with Gasteiger partial charge in [-0.3, -0.25) is 0 Å². The smallest absolute Gasteiger partial charge is 0.416 e. The van der Waals surface area contributed by atoms with E-state index in [1.54, 1.807) is 24.3 Å². The van der Waals surface area contributed by atoms with Crippen LogP contribution in [0.25, 0.3) is 17.2 Å². The van der Waals surface area contributed by atoms with Crippen molar-refractivity contribution in [3.8, 4) is 16.9 Å². The lowest BCUT2D eigenvalue weighted by Crippen LogP contribution is -2.23. The molecule has 0 saturated carbocycles. The monoisotopic (exact) mass is 720 g/mol. The van der Waals surface area contributed by atoms with Gasteiger partial charge in [-0.15, -0.1) is 0 Å². The van der Waals surface area contributed by atoms with Crippen molar-refractivity contribution in [1.82, 2.24) is 0 Å². The van der Waals surface area contributed by atoms with Gasteiger partial charge in [-0.05, 0) is 116 Å². The zero-order valence-corrected chi connectivity index (χ0v) is 30.3. The molecular weight excluding hydrogens is 677 g/mol. The van der Waals surface area contributed by atoms with E-state index in [-0.39, 0.29) is 17.9 Å². The Balaban J connectivity index is 1.27. The summed E-state index contributed by atoms with van der Waals surface area (Å²) in [5, 5.41) is 0. The second-order valence-electron chi connectivity index (χ2n) is 13.8. The Kier molecular flexibility index (Phi) is 12.6. The number of hydrogen-bond donors (Lipinski definition) is 0. The van der Waals surface area contributed by atoms with Crippen LogP contribution in [0.5, 0.6) is 5.75 Å². The van der Waals surface area contributed by atoms with Crippen molar-refractivity contribution in [2.24, 2.45) is 5.92 Å². The number of ether oxygens (including phenoxy) is 3. The largest absolute Gasteiger partial charge is 0.488 e. The average Bonchev–Trinajstić information content (AvgIpc) is 3.14. The second kappa shape index (κ2) is 17.3. The first-order valence-corrected chi connectivity index (χ1v) is 17.4. The topological polar surface area (TPSA) is 61.8 Å². The summed E-state index contributed by atoms with van der Waals surface area (Å²) < 4.78 is 55.5. The fourth-order valence-corrected chi connectivity index (χ4v) is 5.76. The Morgan fingerprint density at radius 2 is 1.23 bits per heavy atom. The molecule has 0 saturated heterocycles. The van der Waals surface area contributed by atoms with Crippen LogP contribution >= 0.6 is 0 Å². The predicted molar refractivity (Wildman–Crippen MR) is 202 cm³/mol. The minimum Gasteiger partial charge on any atom is -0.488 e. The molecule has 5 aromatic rings. The molecule has 0 radical (unpaired) electrons. The number of esters is 2. The number of carbonyl (C=O) groups excluding carboxylic acids is 2. The highest BCUT2D eigenvalue weighted by Crippen LogP contribution is 2.31. The summed E-state index contributed by atoms with van der Waals surface area (Å²) in [7, 11) is 1.36. The molecule has 53 heavy (non-hydrogen) atoms. The minimum atomic E-state index is -4.37. The Morgan fingerprint density at radius 3 is 1.81 bits per heavy atom. The molecule has 0 aliphatic heterocycles. The van der Waals surface area contributed by atoms with E-state index >= 15 is 0 Å². The van der Waals surface area contributed by atoms with Crippen LogP contribution < -0.4 is 4.74 Å². The van der Waals surface area contributed by atoms with Crippen molar-refractivity contribution < 1.29 is 37.0 Å². The number of alkyl halides is 3. The third-order valence-electron chi connectivity index (χ3n) is 8.63. The van der Waals surface area contributed by atoms with E-state index in [4.69, 9.17) is 14.2 Å². The molecule has 0 aromatic heterocycles. The summed E-state index contributed by atoms with van der Waals surface area (Å²) in [6, 6.07) is 35.5. The molecule has 5 nitrogen and oxygen atoms in total. The fraction of sp³-hybridized carbons (Fsp3) is 0.244. The van der Waals surface area contributed by atoms with Gasteiger partial charge in [0.15, 0.2) is 0 Å². The summed E-state index contributed by atoms with van der Waals surface area (Å²) in [6.45, 7) is 5.84. The van der Waals surface area contributed by atoms with Gasteiger partial charge < -0.3 is 14.2 Å². The molecule has 0 heterocycles. The standard InChI is InChI=1S/C45H43F3O5/c1-44(2,3)53-43(50)39-21-11-31(12-22-39)9-10-32(29-33-14-23-38(24-15-33)42(49)51-4)13-20-37-7-5-6-8-41(37)52-30-34-16-18-35(19-17-34)36-25-27-40(28-26-36)45(46,47)48/h5-8,11-28,32H,9-10,29-30H2,1-4H3/b20-13-. The van der Waals surface area contributed by atoms with Gasteiger partial charge in [0.2, 0.25) is 0 Å². The summed E-state index contributed by atoms with van der Waals surface area (Å²) in [5.74, 6) is 0.121. The van der Waals surface area contributed by atoms with Crippen LogP contribution in [0.15, 0.2) is 127 Å². The third-order valence-corrected chi connectivity index (χ3v) is 8.63. The maximum atomic E-state index is 13.0. The molecule has 274 valence electrons. The maximum absolute atomic E-state index is 13.0. The lowest BCUT2D eigenvalue weighted by Gasteiger charge is -2.19. The molecule has 0 bridgehead atoms. The summed E-state index contributed by atoms with van der Waals surface area (Å²) in [5.41, 5.74) is 5.30. The van der Waals surface area contributed by atoms with Crippen LogP contribution in [0.2, 0.25) is 0 Å². The van der Waals surface area contributed by atoms with Crippen LogP contribution in [0, 0.1) is 5.92 Å². The second-order valence-corrected chi connectivity index (χ2v) is 13.8. The van der Waals surface area contributed by atoms with E-state index in [2.05, 4.69) is 12.2 Å². The van der Waals surface area contributed by atoms with Crippen LogP contribution in [0.4, 0.5) is 13.2 Å². The van der Waals surface area contributed by atoms with Gasteiger partial charge >= 0.3 is 18.1 Å². The number of aryl methyl sites for hydroxylation is 1. The van der Waals surface area contributed by atoms with Crippen molar-refractivity contribution in [1.29, 1.82) is 0 Å². The Labute approximate surface area is 309 Å². The molecule has 5 rings (SSSR count). The number of rotatable bonds is 13. The molecule has 0 amide bonds. The SMILES string of the molecule is COC(=O)c1ccc(CC(/C=C\c2ccccc2OCc2ccc(-c3ccc(C(F)(F)F)cc3)cc2)CCc2ccc(C(=O)OC(C)(C)C)cc2)cc1. The van der Waals surface area contributed by atoms with Gasteiger partial charge in [0.1, 0.15) is 18.0 Å². The van der Waals surface area contributed by atoms with Crippen LogP contribution in [0.3, 0.4) is 0 Å². The van der Waals surface area contributed by atoms with E-state index in [1.807, 2.05) is 93.6 Å². The van der Waals surface area contributed by atoms with Gasteiger partial charge in [-0.2, -0.15) is 13.2 Å². The fourth-order valence-electron chi connectivity index (χ4n) is 5.76. The lowest BCUT2D eigenvalue weighted by atomic mass is 9.91. The molecule has 5 aromatic carbocycles. The average molecular weight is 721 g/mol. The summed E-state index contributed by atoms with van der Waals surface area (Å²) in [4.78, 5) is 24.5. The quantitative estimate of drug-likeness (QED) is 0.113. The molecular formula is C45H43F3O5. The number of methoxy groups -OCH3 is 1. The first-order valence-electron chi connectivity index (χ1n) is 17.4. The van der Waals surface area contributed by atoms with E-state index in [9.17, 15) is 22.8 Å². The van der Waals surface area contributed by atoms with E-state index in [1.165, 1.54) is 19.2 Å². The molecule has 1 unspecified atom stereocenters. The van der Waals surface area contributed by atoms with Crippen LogP contribution in [-0.2, 0) is 35.1 Å². The molecule has 1 atom stereocenters. The number of hydrogen-bond acceptors (Lipinski definition) is 5. The summed E-state index contributed by atoms with van der Waals surface area (Å²) in [6.07, 6.45) is 2.23. The predicted octanol–water partition coefficient (Wildman–Crippen LogP) is 11.2. The molecule has 0 fully saturated rings. The highest BCUT2D eigenvalue weighted by molar-refractivity contribution is 5.90. The van der Waals surface area contributed by atoms with Gasteiger partial charge in [-0.1, -0.05) is 91.0 Å². The van der Waals surface area contributed by atoms with Crippen molar-refractivity contribution in [2.75, 3.05) is 7.11 Å². The summed E-state index contributed by atoms with van der Waals surface area (Å²) >= 11 is 0. The number of halogens is 3. The first-order chi connectivity index (χ1) is 25.3. The Hall–Kier alpha value is -5.63. The number of para-hydroxylation sites is 1. The van der Waals surface area contributed by atoms with Crippen molar-refractivity contribution in [3.63, 3.8) is 0 Å². The molecule has 0 spiro atoms. The Bertz CT molecular complexity index is 1990. The number of benzene rings is 5. The normalized spacial score (nSPS) is 12.4. The number of allylic oxidation sites excluding steroid dienone is 1. The molecule has 0 N–H and O–H groups in total. The van der Waals surface area contributed by atoms with E-state index in [0.717, 1.165) is 65.0 Å². The molecule has 8 heteroatoms. The molecule has 0 aliphatic rings. The Morgan fingerprint density at radius 1 is 0.679 bits per heavy atom. The van der Waals surface area contributed by atoms with Crippen LogP contribution in [-0.4, -0.2) is 24.6 Å². The molecule has 0 aliphatic carbocycles. The number of carbonyl (C=O) groups is 2. The van der Waals surface area contributed by atoms with Crippen LogP contribution in [0.1, 0.15) is 75.7 Å². The maximum Gasteiger partial charge on any atom is 0.416 e. The van der Waals surface area contributed by atoms with Crippen molar-refractivity contribution in [3.05, 3.63) is 166 Å². The van der Waals surface area contributed by atoms with E-state index in [0.29, 0.717) is 23.3 Å². The first kappa shape index (κ1) is 38.6. The van der Waals surface area contributed by atoms with Crippen molar-refractivity contribution >= 4 is 18.0 Å². The highest BCUT2D eigenvalue weighted by Gasteiger charge is 2.30. The zero-order valence-electron chi connectivity index (χ0n) is 30.3. The van der Waals surface area contributed by atoms with Crippen molar-refractivity contribution in [2.45, 2.75) is 58.4 Å².